The summed E-state index contributed by atoms with van der Waals surface area (Å²) in [6, 6.07) is 0.474. The number of carbonyl (C=O) groups is 1. The molecule has 2 atom stereocenters. The van der Waals surface area contributed by atoms with Gasteiger partial charge in [-0.1, -0.05) is 12.8 Å². The molecule has 2 unspecified atom stereocenters. The molecular formula is C17H32N2O3. The molecule has 0 aromatic carbocycles. The average Bonchev–Trinajstić information content (AvgIpc) is 2.39. The molecule has 2 saturated carbocycles. The highest BCUT2D eigenvalue weighted by Gasteiger charge is 2.30. The molecule has 0 aliphatic heterocycles. The first-order valence-electron chi connectivity index (χ1n) is 8.72. The molecule has 0 bridgehead atoms. The van der Waals surface area contributed by atoms with Crippen LogP contribution in [0.1, 0.15) is 59.3 Å². The Kier molecular flexibility index (Phi) is 6.09. The van der Waals surface area contributed by atoms with Crippen molar-refractivity contribution in [2.75, 3.05) is 13.1 Å². The van der Waals surface area contributed by atoms with E-state index >= 15 is 0 Å². The van der Waals surface area contributed by atoms with E-state index < -0.39 is 5.60 Å². The first kappa shape index (κ1) is 17.5. The molecule has 5 nitrogen and oxygen atoms in total. The van der Waals surface area contributed by atoms with Gasteiger partial charge in [0.05, 0.1) is 6.10 Å². The molecule has 2 fully saturated rings. The maximum absolute atomic E-state index is 11.8. The number of hydrogen-bond acceptors (Lipinski definition) is 4. The summed E-state index contributed by atoms with van der Waals surface area (Å²) in [6.07, 6.45) is 6.29. The third-order valence-corrected chi connectivity index (χ3v) is 4.70. The maximum Gasteiger partial charge on any atom is 0.407 e. The minimum Gasteiger partial charge on any atom is -0.444 e. The number of amides is 1. The van der Waals surface area contributed by atoms with Crippen LogP contribution in [0.15, 0.2) is 0 Å². The molecule has 0 spiro atoms. The van der Waals surface area contributed by atoms with Crippen molar-refractivity contribution in [3.63, 3.8) is 0 Å². The number of alkyl carbamates (subject to hydrolysis) is 1. The number of carbonyl (C=O) groups excluding carboxylic acids is 1. The van der Waals surface area contributed by atoms with Gasteiger partial charge in [-0.25, -0.2) is 4.79 Å². The zero-order valence-corrected chi connectivity index (χ0v) is 14.2. The highest BCUT2D eigenvalue weighted by Crippen LogP contribution is 2.28. The number of nitrogens with one attached hydrogen (secondary N) is 2. The second kappa shape index (κ2) is 7.64. The monoisotopic (exact) mass is 312 g/mol. The van der Waals surface area contributed by atoms with Crippen LogP contribution in [0.3, 0.4) is 0 Å². The molecule has 2 rings (SSSR count). The van der Waals surface area contributed by atoms with Gasteiger partial charge in [-0.05, 0) is 64.8 Å². The van der Waals surface area contributed by atoms with Crippen LogP contribution in [-0.4, -0.2) is 42.0 Å². The Hall–Kier alpha value is -0.810. The Labute approximate surface area is 134 Å². The lowest BCUT2D eigenvalue weighted by atomic mass is 9.80. The van der Waals surface area contributed by atoms with Gasteiger partial charge in [0.1, 0.15) is 5.60 Å². The SMILES string of the molecule is CC(C)(C)OC(=O)NCC1CCCCC1NCC1CC(O)C1. The molecule has 2 aliphatic carbocycles. The molecule has 0 aromatic rings. The van der Waals surface area contributed by atoms with Crippen LogP contribution in [0, 0.1) is 11.8 Å². The van der Waals surface area contributed by atoms with Crippen molar-refractivity contribution in [3.8, 4) is 0 Å². The first-order valence-corrected chi connectivity index (χ1v) is 8.72. The summed E-state index contributed by atoms with van der Waals surface area (Å²) < 4.78 is 5.30. The number of rotatable bonds is 5. The summed E-state index contributed by atoms with van der Waals surface area (Å²) in [5, 5.41) is 15.9. The van der Waals surface area contributed by atoms with E-state index in [2.05, 4.69) is 10.6 Å². The molecule has 5 heteroatoms. The molecule has 128 valence electrons. The van der Waals surface area contributed by atoms with Gasteiger partial charge in [-0.15, -0.1) is 0 Å². The lowest BCUT2D eigenvalue weighted by molar-refractivity contribution is 0.0389. The number of aliphatic hydroxyl groups is 1. The van der Waals surface area contributed by atoms with E-state index in [0.717, 1.165) is 25.8 Å². The standard InChI is InChI=1S/C17H32N2O3/c1-17(2,3)22-16(21)19-11-13-6-4-5-7-15(13)18-10-12-8-14(20)9-12/h12-15,18,20H,4-11H2,1-3H3,(H,19,21). The molecule has 1 amide bonds. The highest BCUT2D eigenvalue weighted by atomic mass is 16.6. The van der Waals surface area contributed by atoms with E-state index in [1.165, 1.54) is 19.3 Å². The van der Waals surface area contributed by atoms with Crippen molar-refractivity contribution in [2.45, 2.75) is 77.0 Å². The quantitative estimate of drug-likeness (QED) is 0.729. The van der Waals surface area contributed by atoms with Crippen LogP contribution in [0.5, 0.6) is 0 Å². The smallest absolute Gasteiger partial charge is 0.407 e. The summed E-state index contributed by atoms with van der Waals surface area (Å²) in [7, 11) is 0. The van der Waals surface area contributed by atoms with E-state index in [1.807, 2.05) is 20.8 Å². The predicted molar refractivity (Wildman–Crippen MR) is 86.7 cm³/mol. The summed E-state index contributed by atoms with van der Waals surface area (Å²) in [6.45, 7) is 7.31. The average molecular weight is 312 g/mol. The second-order valence-corrected chi connectivity index (χ2v) is 7.93. The van der Waals surface area contributed by atoms with Crippen LogP contribution >= 0.6 is 0 Å². The predicted octanol–water partition coefficient (Wildman–Crippen LogP) is 2.43. The lowest BCUT2D eigenvalue weighted by Gasteiger charge is -2.37. The lowest BCUT2D eigenvalue weighted by Crippen LogP contribution is -2.47. The van der Waals surface area contributed by atoms with Gasteiger partial charge in [0, 0.05) is 12.6 Å². The molecule has 0 aromatic heterocycles. The van der Waals surface area contributed by atoms with Gasteiger partial charge in [0.15, 0.2) is 0 Å². The van der Waals surface area contributed by atoms with Gasteiger partial charge in [-0.2, -0.15) is 0 Å². The zero-order valence-electron chi connectivity index (χ0n) is 14.2. The fraction of sp³-hybridized carbons (Fsp3) is 0.941. The van der Waals surface area contributed by atoms with Crippen LogP contribution < -0.4 is 10.6 Å². The van der Waals surface area contributed by atoms with Gasteiger partial charge < -0.3 is 20.5 Å². The number of aliphatic hydroxyl groups excluding tert-OH is 1. The second-order valence-electron chi connectivity index (χ2n) is 7.93. The molecule has 3 N–H and O–H groups in total. The van der Waals surface area contributed by atoms with Crippen molar-refractivity contribution in [3.05, 3.63) is 0 Å². The van der Waals surface area contributed by atoms with Crippen molar-refractivity contribution in [1.82, 2.24) is 10.6 Å². The van der Waals surface area contributed by atoms with Crippen molar-refractivity contribution >= 4 is 6.09 Å². The fourth-order valence-electron chi connectivity index (χ4n) is 3.43. The zero-order chi connectivity index (χ0) is 16.2. The van der Waals surface area contributed by atoms with E-state index in [1.54, 1.807) is 0 Å². The molecule has 22 heavy (non-hydrogen) atoms. The third kappa shape index (κ3) is 5.76. The fourth-order valence-corrected chi connectivity index (χ4v) is 3.43. The van der Waals surface area contributed by atoms with Crippen molar-refractivity contribution in [1.29, 1.82) is 0 Å². The Bertz CT molecular complexity index is 361. The Morgan fingerprint density at radius 2 is 1.86 bits per heavy atom. The Balaban J connectivity index is 1.71. The van der Waals surface area contributed by atoms with Crippen molar-refractivity contribution in [2.24, 2.45) is 11.8 Å². The minimum absolute atomic E-state index is 0.0808. The van der Waals surface area contributed by atoms with Crippen LogP contribution in [0.25, 0.3) is 0 Å². The summed E-state index contributed by atoms with van der Waals surface area (Å²) in [5.74, 6) is 1.10. The topological polar surface area (TPSA) is 70.6 Å². The summed E-state index contributed by atoms with van der Waals surface area (Å²) >= 11 is 0. The van der Waals surface area contributed by atoms with E-state index in [0.29, 0.717) is 24.4 Å². The van der Waals surface area contributed by atoms with Gasteiger partial charge >= 0.3 is 6.09 Å². The maximum atomic E-state index is 11.8. The molecule has 0 saturated heterocycles. The number of ether oxygens (including phenoxy) is 1. The van der Waals surface area contributed by atoms with E-state index in [9.17, 15) is 9.90 Å². The van der Waals surface area contributed by atoms with Gasteiger partial charge in [0.25, 0.3) is 0 Å². The Morgan fingerprint density at radius 3 is 2.50 bits per heavy atom. The van der Waals surface area contributed by atoms with Crippen LogP contribution in [-0.2, 0) is 4.74 Å². The molecule has 0 radical (unpaired) electrons. The largest absolute Gasteiger partial charge is 0.444 e. The van der Waals surface area contributed by atoms with Crippen LogP contribution in [0.2, 0.25) is 0 Å². The van der Waals surface area contributed by atoms with Gasteiger partial charge in [0.2, 0.25) is 0 Å². The normalized spacial score (nSPS) is 32.2. The van der Waals surface area contributed by atoms with E-state index in [4.69, 9.17) is 4.74 Å². The van der Waals surface area contributed by atoms with E-state index in [-0.39, 0.29) is 12.2 Å². The van der Waals surface area contributed by atoms with Gasteiger partial charge in [-0.3, -0.25) is 0 Å². The minimum atomic E-state index is -0.445. The highest BCUT2D eigenvalue weighted by molar-refractivity contribution is 5.67. The summed E-state index contributed by atoms with van der Waals surface area (Å²) in [4.78, 5) is 11.8. The Morgan fingerprint density at radius 1 is 1.18 bits per heavy atom. The summed E-state index contributed by atoms with van der Waals surface area (Å²) in [5.41, 5.74) is -0.445. The first-order chi connectivity index (χ1) is 10.3. The third-order valence-electron chi connectivity index (χ3n) is 4.70. The molecule has 2 aliphatic rings. The van der Waals surface area contributed by atoms with Crippen molar-refractivity contribution < 1.29 is 14.6 Å². The molecular weight excluding hydrogens is 280 g/mol. The number of hydrogen-bond donors (Lipinski definition) is 3. The van der Waals surface area contributed by atoms with Crippen LogP contribution in [0.4, 0.5) is 4.79 Å². The molecule has 0 heterocycles.